The molecule has 0 aliphatic carbocycles. The van der Waals surface area contributed by atoms with Crippen LogP contribution >= 0.6 is 8.50 Å². The molecule has 0 bridgehead atoms. The van der Waals surface area contributed by atoms with Gasteiger partial charge in [0.05, 0.1) is 0 Å². The van der Waals surface area contributed by atoms with Crippen LogP contribution in [0.15, 0.2) is 0 Å². The van der Waals surface area contributed by atoms with Crippen LogP contribution < -0.4 is 0 Å². The van der Waals surface area contributed by atoms with Gasteiger partial charge in [-0.1, -0.05) is 0 Å². The minimum atomic E-state index is -1.14. The van der Waals surface area contributed by atoms with Crippen molar-refractivity contribution in [1.82, 2.24) is 0 Å². The van der Waals surface area contributed by atoms with Crippen LogP contribution in [-0.4, -0.2) is 46.1 Å². The van der Waals surface area contributed by atoms with Crippen molar-refractivity contribution < 1.29 is 5.48 Å². The van der Waals surface area contributed by atoms with Gasteiger partial charge in [0.15, 0.2) is 0 Å². The van der Waals surface area contributed by atoms with Crippen molar-refractivity contribution in [2.45, 2.75) is 0 Å². The maximum atomic E-state index is 4.99. The number of halogens is 2. The van der Waals surface area contributed by atoms with E-state index in [0.29, 0.717) is 0 Å². The molecule has 0 amide bonds. The molecule has 0 aromatic carbocycles. The molecule has 0 rings (SSSR count). The molecule has 0 aromatic heterocycles. The third-order valence-electron chi connectivity index (χ3n) is 0. The first-order valence-corrected chi connectivity index (χ1v) is 11.7. The Morgan fingerprint density at radius 3 is 1.25 bits per heavy atom. The van der Waals surface area contributed by atoms with Gasteiger partial charge in [-0.15, -0.1) is 0 Å². The second-order valence-corrected chi connectivity index (χ2v) is 6.62. The zero-order valence-electron chi connectivity index (χ0n) is 1.96. The van der Waals surface area contributed by atoms with E-state index in [0.717, 1.165) is 0 Å². The molecule has 4 heavy (non-hydrogen) atoms. The molecule has 1 nitrogen and oxygen atoms in total. The molecule has 0 aliphatic heterocycles. The summed E-state index contributed by atoms with van der Waals surface area (Å²) in [6.45, 7) is 0. The van der Waals surface area contributed by atoms with Crippen molar-refractivity contribution in [3.63, 3.8) is 0 Å². The average Bonchev–Trinajstić information content (AvgIpc) is 0.918. The molecule has 0 saturated carbocycles. The Hall–Kier alpha value is 2.11. The zero-order valence-corrected chi connectivity index (χ0v) is 7.92. The van der Waals surface area contributed by atoms with E-state index in [9.17, 15) is 0 Å². The first-order chi connectivity index (χ1) is 1.41. The normalized spacial score (nSPS) is 2.50. The molecule has 0 atom stereocenters. The van der Waals surface area contributed by atoms with Gasteiger partial charge in [0.1, 0.15) is 0 Å². The summed E-state index contributed by atoms with van der Waals surface area (Å²) in [7, 11) is 0. The van der Waals surface area contributed by atoms with Crippen molar-refractivity contribution in [3.05, 3.63) is 0 Å². The van der Waals surface area contributed by atoms with Crippen molar-refractivity contribution in [3.8, 4) is 0 Å². The number of rotatable bonds is 0. The summed E-state index contributed by atoms with van der Waals surface area (Å²) in [5, 5.41) is 0. The molecule has 0 heterocycles. The van der Waals surface area contributed by atoms with Crippen molar-refractivity contribution >= 4 is 49.2 Å². The predicted octanol–water partition coefficient (Wildman–Crippen LogP) is 0.173. The summed E-state index contributed by atoms with van der Waals surface area (Å²) >= 11 is -1.14. The van der Waals surface area contributed by atoms with Crippen LogP contribution in [0.2, 0.25) is 0 Å². The zero-order chi connectivity index (χ0) is 2.71. The Kier molecular flexibility index (Phi) is 21.1. The van der Waals surface area contributed by atoms with E-state index in [1.165, 1.54) is 0 Å². The summed E-state index contributed by atoms with van der Waals surface area (Å²) in [6.07, 6.45) is 0. The fourth-order valence-corrected chi connectivity index (χ4v) is 0. The van der Waals surface area contributed by atoms with Gasteiger partial charge in [0.25, 0.3) is 0 Å². The monoisotopic (exact) mass is 226 g/mol. The Labute approximate surface area is 53.2 Å². The summed E-state index contributed by atoms with van der Waals surface area (Å²) in [5.74, 6) is 0. The average molecular weight is 226 g/mol. The SMILES string of the molecule is O.[Cl][Ba][Cl]. The van der Waals surface area contributed by atoms with E-state index in [-0.39, 0.29) is 5.48 Å². The molecule has 0 fully saturated rings. The second-order valence-electron chi connectivity index (χ2n) is 0.101. The van der Waals surface area contributed by atoms with Crippen LogP contribution in [0, 0.1) is 0 Å². The second kappa shape index (κ2) is 8.92. The van der Waals surface area contributed by atoms with E-state index in [1.807, 2.05) is 0 Å². The van der Waals surface area contributed by atoms with E-state index < -0.39 is 40.7 Å². The maximum absolute atomic E-state index is 4.99. The third kappa shape index (κ3) is 8.93. The molecule has 4 heteroatoms. The van der Waals surface area contributed by atoms with E-state index in [4.69, 9.17) is 8.50 Å². The molecule has 24 valence electrons. The molecule has 0 unspecified atom stereocenters. The van der Waals surface area contributed by atoms with E-state index in [2.05, 4.69) is 0 Å². The molecule has 0 aliphatic rings. The molecular formula is H2BaCl2O. The third-order valence-corrected chi connectivity index (χ3v) is 0. The molecule has 0 saturated heterocycles. The van der Waals surface area contributed by atoms with Gasteiger partial charge < -0.3 is 5.48 Å². The van der Waals surface area contributed by atoms with Crippen molar-refractivity contribution in [2.75, 3.05) is 0 Å². The van der Waals surface area contributed by atoms with Gasteiger partial charge in [-0.2, -0.15) is 0 Å². The van der Waals surface area contributed by atoms with E-state index in [1.54, 1.807) is 0 Å². The fraction of sp³-hybridized carbons (Fsp3) is 0. The van der Waals surface area contributed by atoms with Crippen LogP contribution in [0.1, 0.15) is 0 Å². The summed E-state index contributed by atoms with van der Waals surface area (Å²) < 4.78 is 9.97. The molecule has 0 aromatic rings. The quantitative estimate of drug-likeness (QED) is 0.527. The van der Waals surface area contributed by atoms with Gasteiger partial charge in [-0.25, -0.2) is 0 Å². The molecule has 2 N–H and O–H groups in total. The van der Waals surface area contributed by atoms with Gasteiger partial charge in [0.2, 0.25) is 0 Å². The van der Waals surface area contributed by atoms with Gasteiger partial charge in [0, 0.05) is 0 Å². The van der Waals surface area contributed by atoms with Crippen LogP contribution in [-0.2, 0) is 0 Å². The van der Waals surface area contributed by atoms with Crippen LogP contribution in [0.25, 0.3) is 0 Å². The number of hydrogen-bond acceptors (Lipinski definition) is 0. The van der Waals surface area contributed by atoms with Gasteiger partial charge in [-0.05, 0) is 0 Å². The number of hydrogen-bond donors (Lipinski definition) is 0. The summed E-state index contributed by atoms with van der Waals surface area (Å²) in [4.78, 5) is 0. The van der Waals surface area contributed by atoms with Crippen molar-refractivity contribution in [1.29, 1.82) is 0 Å². The van der Waals surface area contributed by atoms with Gasteiger partial charge >= 0.3 is 49.2 Å². The van der Waals surface area contributed by atoms with Gasteiger partial charge in [-0.3, -0.25) is 0 Å². The Morgan fingerprint density at radius 1 is 1.25 bits per heavy atom. The fourth-order valence-electron chi connectivity index (χ4n) is 0. The first-order valence-electron chi connectivity index (χ1n) is 0.535. The molecule has 0 spiro atoms. The molecular weight excluding hydrogens is 224 g/mol. The minimum absolute atomic E-state index is 0. The Bertz CT molecular complexity index is 6.00. The standard InChI is InChI=1S/Ba.2ClH.H2O/h;2*1H;1H2/q+2;;;/p-2. The summed E-state index contributed by atoms with van der Waals surface area (Å²) in [5.41, 5.74) is 0. The first kappa shape index (κ1) is 9.45. The topological polar surface area (TPSA) is 31.5 Å². The molecule has 0 radical (unpaired) electrons. The van der Waals surface area contributed by atoms with Crippen LogP contribution in [0.4, 0.5) is 0 Å². The van der Waals surface area contributed by atoms with Crippen LogP contribution in [0.5, 0.6) is 0 Å². The van der Waals surface area contributed by atoms with Crippen LogP contribution in [0.3, 0.4) is 0 Å². The van der Waals surface area contributed by atoms with Crippen molar-refractivity contribution in [2.24, 2.45) is 0 Å². The summed E-state index contributed by atoms with van der Waals surface area (Å²) in [6, 6.07) is 0. The van der Waals surface area contributed by atoms with E-state index >= 15 is 0 Å². The Morgan fingerprint density at radius 2 is 1.25 bits per heavy atom. The predicted molar refractivity (Wildman–Crippen MR) is 21.1 cm³/mol. The Balaban J connectivity index is 0.